The molecule has 0 bridgehead atoms. The molecule has 2 aliphatic carbocycles. The summed E-state index contributed by atoms with van der Waals surface area (Å²) in [5, 5.41) is 3.34. The summed E-state index contributed by atoms with van der Waals surface area (Å²) < 4.78 is 39.6. The normalized spacial score (nSPS) is 29.4. The molecule has 3 atom stereocenters. The van der Waals surface area contributed by atoms with Gasteiger partial charge in [0.25, 0.3) is 0 Å². The van der Waals surface area contributed by atoms with Crippen LogP contribution in [0.3, 0.4) is 0 Å². The van der Waals surface area contributed by atoms with Crippen molar-refractivity contribution in [2.45, 2.75) is 63.7 Å². The van der Waals surface area contributed by atoms with Crippen LogP contribution in [-0.2, 0) is 6.42 Å². The summed E-state index contributed by atoms with van der Waals surface area (Å²) in [7, 11) is 0. The van der Waals surface area contributed by atoms with Gasteiger partial charge >= 0.3 is 6.18 Å². The first kappa shape index (κ1) is 14.9. The molecule has 21 heavy (non-hydrogen) atoms. The summed E-state index contributed by atoms with van der Waals surface area (Å²) >= 11 is 0. The second-order valence-corrected chi connectivity index (χ2v) is 6.50. The van der Waals surface area contributed by atoms with Crippen molar-refractivity contribution in [2.75, 3.05) is 0 Å². The number of alkyl halides is 3. The molecule has 1 saturated carbocycles. The van der Waals surface area contributed by atoms with Crippen LogP contribution >= 0.6 is 0 Å². The van der Waals surface area contributed by atoms with Gasteiger partial charge < -0.3 is 5.32 Å². The number of rotatable bonds is 2. The average Bonchev–Trinajstić information content (AvgIpc) is 2.81. The first-order chi connectivity index (χ1) is 9.95. The summed E-state index contributed by atoms with van der Waals surface area (Å²) in [5.41, 5.74) is 3.68. The highest BCUT2D eigenvalue weighted by molar-refractivity contribution is 5.37. The highest BCUT2D eigenvalue weighted by Gasteiger charge is 2.46. The standard InChI is InChI=1S/C17H22F3N/c1-11-6-7-12-8-9-15(13(12)10-11)21-16-5-3-2-4-14(16)17(18,19)20/h6-7,10,14-16,21H,2-5,8-9H2,1H3. The number of benzene rings is 1. The molecule has 0 saturated heterocycles. The Morgan fingerprint density at radius 1 is 1.10 bits per heavy atom. The predicted molar refractivity (Wildman–Crippen MR) is 77.2 cm³/mol. The van der Waals surface area contributed by atoms with Gasteiger partial charge in [0, 0.05) is 12.1 Å². The maximum Gasteiger partial charge on any atom is 0.393 e. The van der Waals surface area contributed by atoms with Crippen molar-refractivity contribution >= 4 is 0 Å². The van der Waals surface area contributed by atoms with Gasteiger partial charge in [-0.3, -0.25) is 0 Å². The zero-order chi connectivity index (χ0) is 15.0. The van der Waals surface area contributed by atoms with E-state index in [0.29, 0.717) is 12.8 Å². The Labute approximate surface area is 123 Å². The van der Waals surface area contributed by atoms with Crippen molar-refractivity contribution in [1.29, 1.82) is 0 Å². The third kappa shape index (κ3) is 3.10. The molecular weight excluding hydrogens is 275 g/mol. The van der Waals surface area contributed by atoms with E-state index in [0.717, 1.165) is 19.3 Å². The Bertz CT molecular complexity index is 509. The number of hydrogen-bond donors (Lipinski definition) is 1. The zero-order valence-corrected chi connectivity index (χ0v) is 12.3. The van der Waals surface area contributed by atoms with Crippen LogP contribution < -0.4 is 5.32 Å². The van der Waals surface area contributed by atoms with Crippen LogP contribution in [0.5, 0.6) is 0 Å². The first-order valence-corrected chi connectivity index (χ1v) is 7.87. The lowest BCUT2D eigenvalue weighted by Gasteiger charge is -2.35. The monoisotopic (exact) mass is 297 g/mol. The third-order valence-electron chi connectivity index (χ3n) is 4.98. The fourth-order valence-corrected chi connectivity index (χ4v) is 3.88. The lowest BCUT2D eigenvalue weighted by molar-refractivity contribution is -0.189. The average molecular weight is 297 g/mol. The van der Waals surface area contributed by atoms with Crippen LogP contribution in [0.2, 0.25) is 0 Å². The van der Waals surface area contributed by atoms with E-state index in [4.69, 9.17) is 0 Å². The summed E-state index contributed by atoms with van der Waals surface area (Å²) in [4.78, 5) is 0. The molecule has 116 valence electrons. The van der Waals surface area contributed by atoms with Crippen LogP contribution in [0.1, 0.15) is 54.8 Å². The molecule has 1 aromatic rings. The molecule has 0 radical (unpaired) electrons. The maximum absolute atomic E-state index is 13.2. The van der Waals surface area contributed by atoms with E-state index in [9.17, 15) is 13.2 Å². The van der Waals surface area contributed by atoms with Crippen molar-refractivity contribution < 1.29 is 13.2 Å². The molecule has 2 aliphatic rings. The number of hydrogen-bond acceptors (Lipinski definition) is 1. The fraction of sp³-hybridized carbons (Fsp3) is 0.647. The van der Waals surface area contributed by atoms with E-state index in [1.807, 2.05) is 6.92 Å². The second-order valence-electron chi connectivity index (χ2n) is 6.50. The van der Waals surface area contributed by atoms with Crippen molar-refractivity contribution in [3.63, 3.8) is 0 Å². The minimum absolute atomic E-state index is 0.0906. The van der Waals surface area contributed by atoms with Gasteiger partial charge in [-0.1, -0.05) is 36.6 Å². The van der Waals surface area contributed by atoms with Crippen LogP contribution in [0, 0.1) is 12.8 Å². The van der Waals surface area contributed by atoms with Crippen LogP contribution in [0.15, 0.2) is 18.2 Å². The molecule has 1 N–H and O–H groups in total. The van der Waals surface area contributed by atoms with E-state index >= 15 is 0 Å². The lowest BCUT2D eigenvalue weighted by Crippen LogP contribution is -2.46. The molecule has 1 nitrogen and oxygen atoms in total. The molecule has 0 heterocycles. The van der Waals surface area contributed by atoms with E-state index in [-0.39, 0.29) is 12.5 Å². The van der Waals surface area contributed by atoms with Crippen molar-refractivity contribution in [2.24, 2.45) is 5.92 Å². The molecule has 3 rings (SSSR count). The van der Waals surface area contributed by atoms with Crippen molar-refractivity contribution in [3.05, 3.63) is 34.9 Å². The number of fused-ring (bicyclic) bond motifs is 1. The topological polar surface area (TPSA) is 12.0 Å². The number of aryl methyl sites for hydroxylation is 2. The van der Waals surface area contributed by atoms with Crippen LogP contribution in [-0.4, -0.2) is 12.2 Å². The molecule has 0 aromatic heterocycles. The molecule has 1 aromatic carbocycles. The Hall–Kier alpha value is -1.03. The fourth-order valence-electron chi connectivity index (χ4n) is 3.88. The summed E-state index contributed by atoms with van der Waals surface area (Å²) in [6, 6.07) is 6.00. The highest BCUT2D eigenvalue weighted by atomic mass is 19.4. The highest BCUT2D eigenvalue weighted by Crippen LogP contribution is 2.40. The molecule has 4 heteroatoms. The molecule has 1 fully saturated rings. The number of nitrogens with one attached hydrogen (secondary N) is 1. The minimum atomic E-state index is -4.08. The second kappa shape index (κ2) is 5.64. The van der Waals surface area contributed by atoms with Gasteiger partial charge in [-0.05, 0) is 43.7 Å². The molecule has 0 aliphatic heterocycles. The van der Waals surface area contributed by atoms with Gasteiger partial charge in [0.15, 0.2) is 0 Å². The maximum atomic E-state index is 13.2. The molecule has 0 spiro atoms. The van der Waals surface area contributed by atoms with Gasteiger partial charge in [0.05, 0.1) is 5.92 Å². The van der Waals surface area contributed by atoms with Gasteiger partial charge in [-0.2, -0.15) is 13.2 Å². The predicted octanol–water partition coefficient (Wildman–Crippen LogP) is 4.69. The quantitative estimate of drug-likeness (QED) is 0.835. The number of halogens is 3. The largest absolute Gasteiger partial charge is 0.393 e. The van der Waals surface area contributed by atoms with Crippen LogP contribution in [0.25, 0.3) is 0 Å². The Kier molecular flexibility index (Phi) is 4.00. The Morgan fingerprint density at radius 3 is 2.62 bits per heavy atom. The van der Waals surface area contributed by atoms with Gasteiger partial charge in [0.1, 0.15) is 0 Å². The van der Waals surface area contributed by atoms with Gasteiger partial charge in [-0.15, -0.1) is 0 Å². The first-order valence-electron chi connectivity index (χ1n) is 7.87. The van der Waals surface area contributed by atoms with Gasteiger partial charge in [0.2, 0.25) is 0 Å². The summed E-state index contributed by atoms with van der Waals surface area (Å²) in [6.45, 7) is 2.04. The van der Waals surface area contributed by atoms with E-state index in [2.05, 4.69) is 23.5 Å². The van der Waals surface area contributed by atoms with Crippen molar-refractivity contribution in [3.8, 4) is 0 Å². The molecular formula is C17H22F3N. The summed E-state index contributed by atoms with van der Waals surface area (Å²) in [6.07, 6.45) is 0.319. The van der Waals surface area contributed by atoms with Crippen molar-refractivity contribution in [1.82, 2.24) is 5.32 Å². The van der Waals surface area contributed by atoms with E-state index in [1.165, 1.54) is 16.7 Å². The van der Waals surface area contributed by atoms with E-state index in [1.54, 1.807) is 0 Å². The summed E-state index contributed by atoms with van der Waals surface area (Å²) in [5.74, 6) is -1.18. The van der Waals surface area contributed by atoms with Gasteiger partial charge in [-0.25, -0.2) is 0 Å². The van der Waals surface area contributed by atoms with Crippen LogP contribution in [0.4, 0.5) is 13.2 Å². The zero-order valence-electron chi connectivity index (χ0n) is 12.3. The molecule has 0 amide bonds. The minimum Gasteiger partial charge on any atom is -0.307 e. The Morgan fingerprint density at radius 2 is 1.86 bits per heavy atom. The SMILES string of the molecule is Cc1ccc2c(c1)C(NC1CCCCC1C(F)(F)F)CC2. The molecule has 3 unspecified atom stereocenters. The third-order valence-corrected chi connectivity index (χ3v) is 4.98. The van der Waals surface area contributed by atoms with E-state index < -0.39 is 18.1 Å². The smallest absolute Gasteiger partial charge is 0.307 e. The Balaban J connectivity index is 1.76. The lowest BCUT2D eigenvalue weighted by atomic mass is 9.83.